The van der Waals surface area contributed by atoms with Crippen molar-refractivity contribution in [2.75, 3.05) is 12.3 Å². The zero-order valence-corrected chi connectivity index (χ0v) is 14.5. The van der Waals surface area contributed by atoms with Crippen LogP contribution in [0, 0.1) is 6.92 Å². The largest absolute Gasteiger partial charge is 0.437 e. The summed E-state index contributed by atoms with van der Waals surface area (Å²) in [6, 6.07) is 1.33. The number of hydrogen-bond donors (Lipinski definition) is 4. The Balaban J connectivity index is 1.73. The van der Waals surface area contributed by atoms with Crippen molar-refractivity contribution in [2.24, 2.45) is 0 Å². The molecule has 2 aromatic heterocycles. The van der Waals surface area contributed by atoms with Gasteiger partial charge in [0.25, 0.3) is 0 Å². The summed E-state index contributed by atoms with van der Waals surface area (Å²) in [5.41, 5.74) is 4.63. The molecule has 142 valence electrons. The van der Waals surface area contributed by atoms with Crippen molar-refractivity contribution < 1.29 is 28.9 Å². The molecular formula is C13H18N5O7P. The summed E-state index contributed by atoms with van der Waals surface area (Å²) >= 11 is 0. The highest BCUT2D eigenvalue weighted by molar-refractivity contribution is 7.51. The van der Waals surface area contributed by atoms with E-state index in [0.717, 1.165) is 8.90 Å². The molecule has 0 saturated carbocycles. The van der Waals surface area contributed by atoms with Crippen molar-refractivity contribution in [1.82, 2.24) is 18.9 Å². The summed E-state index contributed by atoms with van der Waals surface area (Å²) in [5, 5.41) is 20.2. The Bertz CT molecular complexity index is 899. The lowest BCUT2D eigenvalue weighted by Crippen LogP contribution is -2.36. The van der Waals surface area contributed by atoms with Crippen molar-refractivity contribution in [2.45, 2.75) is 31.5 Å². The number of imidazole rings is 1. The molecule has 3 heterocycles. The van der Waals surface area contributed by atoms with Crippen molar-refractivity contribution in [3.05, 3.63) is 41.0 Å². The fraction of sp³-hybridized carbons (Fsp3) is 0.462. The molecule has 0 aliphatic carbocycles. The molecule has 2 aromatic rings. The summed E-state index contributed by atoms with van der Waals surface area (Å²) in [7, 11) is -4.26. The summed E-state index contributed by atoms with van der Waals surface area (Å²) in [4.78, 5) is 29.2. The molecule has 12 nitrogen and oxygen atoms in total. The Hall–Kier alpha value is -2.08. The summed E-state index contributed by atoms with van der Waals surface area (Å²) in [6.45, 7) is 1.02. The van der Waals surface area contributed by atoms with Gasteiger partial charge in [-0.3, -0.25) is 9.09 Å². The van der Waals surface area contributed by atoms with Crippen LogP contribution in [0.5, 0.6) is 0 Å². The Morgan fingerprint density at radius 2 is 2.12 bits per heavy atom. The van der Waals surface area contributed by atoms with Crippen LogP contribution >= 0.6 is 7.75 Å². The second-order valence-corrected chi connectivity index (χ2v) is 7.36. The lowest BCUT2D eigenvalue weighted by Gasteiger charge is -2.18. The van der Waals surface area contributed by atoms with E-state index in [2.05, 4.69) is 9.97 Å². The standard InChI is InChI=1S/C13H18N5O7P/c1-7-15-3-5-18(7)26(22,23)24-6-8-10(19)11(20)12(25-8)17-4-2-9(14)16-13(17)21/h2-5,8,10-12,19-20H,6H2,1H3,(H,22,23)(H2,14,16,21)/t8-,10-,11-,12-/m1/s1. The minimum atomic E-state index is -4.26. The first-order valence-electron chi connectivity index (χ1n) is 7.55. The van der Waals surface area contributed by atoms with Crippen LogP contribution in [0.3, 0.4) is 0 Å². The molecule has 1 aliphatic rings. The predicted octanol–water partition coefficient (Wildman–Crippen LogP) is -1.39. The molecule has 0 spiro atoms. The first-order chi connectivity index (χ1) is 12.2. The highest BCUT2D eigenvalue weighted by Crippen LogP contribution is 2.45. The third-order valence-corrected chi connectivity index (χ3v) is 5.40. The van der Waals surface area contributed by atoms with Gasteiger partial charge in [-0.2, -0.15) is 4.98 Å². The van der Waals surface area contributed by atoms with Gasteiger partial charge in [0, 0.05) is 18.6 Å². The predicted molar refractivity (Wildman–Crippen MR) is 87.0 cm³/mol. The number of aromatic nitrogens is 4. The van der Waals surface area contributed by atoms with E-state index in [1.807, 2.05) is 0 Å². The number of nitrogen functional groups attached to an aromatic ring is 1. The van der Waals surface area contributed by atoms with Crippen LogP contribution in [-0.4, -0.2) is 58.9 Å². The SMILES string of the molecule is Cc1nccn1P(=O)(O)OC[C@H]1O[C@@H](n2ccc(N)nc2=O)[C@H](O)[C@@H]1O. The summed E-state index contributed by atoms with van der Waals surface area (Å²) in [5.74, 6) is 0.261. The molecule has 1 unspecified atom stereocenters. The summed E-state index contributed by atoms with van der Waals surface area (Å²) in [6.07, 6.45) is -1.44. The third kappa shape index (κ3) is 3.43. The molecule has 0 bridgehead atoms. The van der Waals surface area contributed by atoms with Crippen LogP contribution in [-0.2, 0) is 13.8 Å². The Morgan fingerprint density at radius 1 is 1.38 bits per heavy atom. The average Bonchev–Trinajstić information content (AvgIpc) is 3.12. The lowest BCUT2D eigenvalue weighted by molar-refractivity contribution is -0.0526. The van der Waals surface area contributed by atoms with Crippen LogP contribution in [0.25, 0.3) is 0 Å². The normalized spacial score (nSPS) is 28.2. The number of rotatable bonds is 5. The second-order valence-electron chi connectivity index (χ2n) is 5.69. The van der Waals surface area contributed by atoms with Gasteiger partial charge >= 0.3 is 13.4 Å². The topological polar surface area (TPSA) is 175 Å². The van der Waals surface area contributed by atoms with E-state index in [1.165, 1.54) is 31.6 Å². The highest BCUT2D eigenvalue weighted by Gasteiger charge is 2.45. The van der Waals surface area contributed by atoms with Gasteiger partial charge in [0.15, 0.2) is 6.23 Å². The molecule has 5 atom stereocenters. The van der Waals surface area contributed by atoms with E-state index >= 15 is 0 Å². The molecule has 26 heavy (non-hydrogen) atoms. The fourth-order valence-corrected chi connectivity index (χ4v) is 3.70. The highest BCUT2D eigenvalue weighted by atomic mass is 31.2. The van der Waals surface area contributed by atoms with E-state index in [9.17, 15) is 24.5 Å². The van der Waals surface area contributed by atoms with Crippen LogP contribution in [0.2, 0.25) is 0 Å². The molecule has 0 amide bonds. The average molecular weight is 387 g/mol. The number of hydrogen-bond acceptors (Lipinski definition) is 9. The van der Waals surface area contributed by atoms with Crippen LogP contribution in [0.4, 0.5) is 5.82 Å². The van der Waals surface area contributed by atoms with Gasteiger partial charge in [-0.1, -0.05) is 0 Å². The minimum Gasteiger partial charge on any atom is -0.387 e. The number of ether oxygens (including phenoxy) is 1. The zero-order valence-electron chi connectivity index (χ0n) is 13.6. The van der Waals surface area contributed by atoms with Gasteiger partial charge in [0.2, 0.25) is 0 Å². The monoisotopic (exact) mass is 387 g/mol. The van der Waals surface area contributed by atoms with Crippen LogP contribution in [0.1, 0.15) is 12.1 Å². The van der Waals surface area contributed by atoms with E-state index in [4.69, 9.17) is 15.0 Å². The smallest absolute Gasteiger partial charge is 0.387 e. The van der Waals surface area contributed by atoms with Gasteiger partial charge in [-0.25, -0.2) is 18.7 Å². The molecule has 13 heteroatoms. The second kappa shape index (κ2) is 6.91. The lowest BCUT2D eigenvalue weighted by atomic mass is 10.1. The number of nitrogens with zero attached hydrogens (tertiary/aromatic N) is 4. The minimum absolute atomic E-state index is 0.00362. The van der Waals surface area contributed by atoms with Crippen molar-refractivity contribution in [3.63, 3.8) is 0 Å². The zero-order chi connectivity index (χ0) is 19.1. The Labute approximate surface area is 147 Å². The van der Waals surface area contributed by atoms with Crippen molar-refractivity contribution in [3.8, 4) is 0 Å². The maximum atomic E-state index is 12.3. The molecule has 1 fully saturated rings. The van der Waals surface area contributed by atoms with Gasteiger partial charge in [0.05, 0.1) is 6.61 Å². The van der Waals surface area contributed by atoms with Crippen molar-refractivity contribution in [1.29, 1.82) is 0 Å². The maximum Gasteiger partial charge on any atom is 0.437 e. The number of aryl methyl sites for hydroxylation is 1. The number of anilines is 1. The molecule has 1 aliphatic heterocycles. The van der Waals surface area contributed by atoms with Gasteiger partial charge in [-0.15, -0.1) is 0 Å². The molecule has 1 saturated heterocycles. The number of aliphatic hydroxyl groups excluding tert-OH is 2. The van der Waals surface area contributed by atoms with E-state index in [1.54, 1.807) is 0 Å². The van der Waals surface area contributed by atoms with E-state index in [0.29, 0.717) is 0 Å². The first kappa shape index (κ1) is 18.7. The quantitative estimate of drug-likeness (QED) is 0.447. The number of aliphatic hydroxyl groups is 2. The Morgan fingerprint density at radius 3 is 2.73 bits per heavy atom. The van der Waals surface area contributed by atoms with Gasteiger partial charge < -0.3 is 25.6 Å². The molecule has 0 radical (unpaired) electrons. The molecule has 0 aromatic carbocycles. The maximum absolute atomic E-state index is 12.3. The van der Waals surface area contributed by atoms with Gasteiger partial charge in [0.1, 0.15) is 30.0 Å². The Kier molecular flexibility index (Phi) is 4.97. The fourth-order valence-electron chi connectivity index (χ4n) is 2.59. The van der Waals surface area contributed by atoms with Crippen molar-refractivity contribution >= 4 is 13.6 Å². The van der Waals surface area contributed by atoms with Gasteiger partial charge in [-0.05, 0) is 13.0 Å². The van der Waals surface area contributed by atoms with Crippen LogP contribution in [0.15, 0.2) is 29.5 Å². The summed E-state index contributed by atoms with van der Waals surface area (Å²) < 4.78 is 24.6. The van der Waals surface area contributed by atoms with Crippen LogP contribution < -0.4 is 11.4 Å². The van der Waals surface area contributed by atoms with E-state index in [-0.39, 0.29) is 11.6 Å². The molecular weight excluding hydrogens is 369 g/mol. The number of nitrogens with two attached hydrogens (primary N) is 1. The molecule has 5 N–H and O–H groups in total. The first-order valence-corrected chi connectivity index (χ1v) is 9.08. The third-order valence-electron chi connectivity index (χ3n) is 3.94. The van der Waals surface area contributed by atoms with E-state index < -0.39 is 44.6 Å². The molecule has 3 rings (SSSR count).